The third-order valence-electron chi connectivity index (χ3n) is 3.14. The van der Waals surface area contributed by atoms with E-state index < -0.39 is 0 Å². The first-order chi connectivity index (χ1) is 6.36. The highest BCUT2D eigenvalue weighted by Gasteiger charge is 2.25. The van der Waals surface area contributed by atoms with Crippen molar-refractivity contribution in [1.29, 1.82) is 0 Å². The molecule has 2 rings (SSSR count). The van der Waals surface area contributed by atoms with Crippen molar-refractivity contribution in [3.8, 4) is 0 Å². The van der Waals surface area contributed by atoms with Crippen LogP contribution in [0.15, 0.2) is 0 Å². The van der Waals surface area contributed by atoms with E-state index in [0.29, 0.717) is 12.1 Å². The van der Waals surface area contributed by atoms with Crippen LogP contribution in [0.5, 0.6) is 0 Å². The van der Waals surface area contributed by atoms with Gasteiger partial charge in [0.15, 0.2) is 0 Å². The van der Waals surface area contributed by atoms with Crippen molar-refractivity contribution in [2.75, 3.05) is 26.3 Å². The van der Waals surface area contributed by atoms with E-state index in [2.05, 4.69) is 4.90 Å². The van der Waals surface area contributed by atoms with Gasteiger partial charge < -0.3 is 10.5 Å². The second-order valence-corrected chi connectivity index (χ2v) is 4.27. The first-order valence-corrected chi connectivity index (χ1v) is 5.43. The summed E-state index contributed by atoms with van der Waals surface area (Å²) in [6.07, 6.45) is 4.98. The zero-order chi connectivity index (χ0) is 9.10. The van der Waals surface area contributed by atoms with Crippen molar-refractivity contribution >= 4 is 0 Å². The van der Waals surface area contributed by atoms with E-state index in [9.17, 15) is 0 Å². The monoisotopic (exact) mass is 184 g/mol. The van der Waals surface area contributed by atoms with Crippen molar-refractivity contribution in [2.45, 2.75) is 37.8 Å². The van der Waals surface area contributed by atoms with E-state index in [1.54, 1.807) is 0 Å². The largest absolute Gasteiger partial charge is 0.380 e. The molecule has 0 saturated carbocycles. The Morgan fingerprint density at radius 2 is 2.15 bits per heavy atom. The average Bonchev–Trinajstić information content (AvgIpc) is 2.19. The van der Waals surface area contributed by atoms with Crippen LogP contribution >= 0.6 is 0 Å². The average molecular weight is 184 g/mol. The summed E-state index contributed by atoms with van der Waals surface area (Å²) in [6, 6.07) is 1.05. The van der Waals surface area contributed by atoms with Gasteiger partial charge in [0.05, 0.1) is 6.61 Å². The maximum Gasteiger partial charge on any atom is 0.0621 e. The van der Waals surface area contributed by atoms with Gasteiger partial charge in [0.25, 0.3) is 0 Å². The summed E-state index contributed by atoms with van der Waals surface area (Å²) in [5.41, 5.74) is 5.95. The van der Waals surface area contributed by atoms with E-state index in [4.69, 9.17) is 10.5 Å². The van der Waals surface area contributed by atoms with Crippen molar-refractivity contribution in [3.63, 3.8) is 0 Å². The molecule has 0 aromatic carbocycles. The second kappa shape index (κ2) is 4.40. The summed E-state index contributed by atoms with van der Waals surface area (Å²) in [4.78, 5) is 2.52. The lowest BCUT2D eigenvalue weighted by Crippen LogP contribution is -2.50. The van der Waals surface area contributed by atoms with Gasteiger partial charge in [-0.3, -0.25) is 4.90 Å². The minimum absolute atomic E-state index is 0.399. The molecule has 3 nitrogen and oxygen atoms in total. The molecule has 0 aromatic rings. The minimum atomic E-state index is 0.399. The molecule has 0 aromatic heterocycles. The Labute approximate surface area is 80.2 Å². The summed E-state index contributed by atoms with van der Waals surface area (Å²) >= 11 is 0. The highest BCUT2D eigenvalue weighted by Crippen LogP contribution is 2.17. The normalized spacial score (nSPS) is 37.6. The zero-order valence-electron chi connectivity index (χ0n) is 8.24. The molecule has 2 heterocycles. The lowest BCUT2D eigenvalue weighted by atomic mass is 10.0. The SMILES string of the molecule is NC1CCCN(C2CCCOC2)C1. The van der Waals surface area contributed by atoms with Crippen molar-refractivity contribution in [1.82, 2.24) is 4.90 Å². The fraction of sp³-hybridized carbons (Fsp3) is 1.00. The Bertz CT molecular complexity index is 157. The number of hydrogen-bond donors (Lipinski definition) is 1. The van der Waals surface area contributed by atoms with E-state index in [0.717, 1.165) is 19.8 Å². The first-order valence-electron chi connectivity index (χ1n) is 5.43. The molecule has 2 aliphatic rings. The molecule has 2 atom stereocenters. The Morgan fingerprint density at radius 3 is 2.85 bits per heavy atom. The predicted molar refractivity (Wildman–Crippen MR) is 52.6 cm³/mol. The molecule has 2 aliphatic heterocycles. The molecule has 0 aliphatic carbocycles. The van der Waals surface area contributed by atoms with Gasteiger partial charge in [-0.15, -0.1) is 0 Å². The van der Waals surface area contributed by atoms with Crippen LogP contribution in [0.4, 0.5) is 0 Å². The quantitative estimate of drug-likeness (QED) is 0.648. The summed E-state index contributed by atoms with van der Waals surface area (Å²) in [5, 5.41) is 0. The van der Waals surface area contributed by atoms with Gasteiger partial charge in [0.1, 0.15) is 0 Å². The molecule has 2 unspecified atom stereocenters. The molecule has 0 amide bonds. The van der Waals surface area contributed by atoms with Crippen LogP contribution in [0.1, 0.15) is 25.7 Å². The molecule has 3 heteroatoms. The molecule has 0 spiro atoms. The van der Waals surface area contributed by atoms with Gasteiger partial charge in [0, 0.05) is 25.2 Å². The van der Waals surface area contributed by atoms with Crippen LogP contribution in [0.3, 0.4) is 0 Å². The standard InChI is InChI=1S/C10H20N2O/c11-9-3-1-5-12(7-9)10-4-2-6-13-8-10/h9-10H,1-8,11H2. The summed E-state index contributed by atoms with van der Waals surface area (Å²) in [5.74, 6) is 0. The number of ether oxygens (including phenoxy) is 1. The van der Waals surface area contributed by atoms with Crippen molar-refractivity contribution in [2.24, 2.45) is 5.73 Å². The van der Waals surface area contributed by atoms with E-state index in [1.807, 2.05) is 0 Å². The van der Waals surface area contributed by atoms with Crippen molar-refractivity contribution < 1.29 is 4.74 Å². The van der Waals surface area contributed by atoms with Gasteiger partial charge in [0.2, 0.25) is 0 Å². The van der Waals surface area contributed by atoms with Crippen molar-refractivity contribution in [3.05, 3.63) is 0 Å². The molecule has 0 bridgehead atoms. The number of piperidine rings is 1. The van der Waals surface area contributed by atoms with E-state index in [-0.39, 0.29) is 0 Å². The van der Waals surface area contributed by atoms with Crippen LogP contribution in [0.2, 0.25) is 0 Å². The molecule has 76 valence electrons. The lowest BCUT2D eigenvalue weighted by Gasteiger charge is -2.38. The third-order valence-corrected chi connectivity index (χ3v) is 3.14. The Balaban J connectivity index is 1.83. The molecule has 13 heavy (non-hydrogen) atoms. The molecule has 2 saturated heterocycles. The molecule has 0 radical (unpaired) electrons. The Kier molecular flexibility index (Phi) is 3.19. The molecular weight excluding hydrogens is 164 g/mol. The Morgan fingerprint density at radius 1 is 1.23 bits per heavy atom. The molecule has 2 N–H and O–H groups in total. The number of rotatable bonds is 1. The zero-order valence-corrected chi connectivity index (χ0v) is 8.24. The van der Waals surface area contributed by atoms with Crippen LogP contribution < -0.4 is 5.73 Å². The summed E-state index contributed by atoms with van der Waals surface area (Å²) < 4.78 is 5.49. The highest BCUT2D eigenvalue weighted by atomic mass is 16.5. The fourth-order valence-electron chi connectivity index (χ4n) is 2.38. The van der Waals surface area contributed by atoms with Gasteiger partial charge in [-0.25, -0.2) is 0 Å². The fourth-order valence-corrected chi connectivity index (χ4v) is 2.38. The number of nitrogens with two attached hydrogens (primary N) is 1. The topological polar surface area (TPSA) is 38.5 Å². The van der Waals surface area contributed by atoms with Gasteiger partial charge in [-0.1, -0.05) is 0 Å². The molecule has 2 fully saturated rings. The molecular formula is C10H20N2O. The number of hydrogen-bond acceptors (Lipinski definition) is 3. The van der Waals surface area contributed by atoms with Crippen LogP contribution in [0.25, 0.3) is 0 Å². The first kappa shape index (κ1) is 9.44. The number of nitrogens with zero attached hydrogens (tertiary/aromatic N) is 1. The maximum absolute atomic E-state index is 5.95. The van der Waals surface area contributed by atoms with Gasteiger partial charge >= 0.3 is 0 Å². The lowest BCUT2D eigenvalue weighted by molar-refractivity contribution is 0.00818. The third kappa shape index (κ3) is 2.42. The highest BCUT2D eigenvalue weighted by molar-refractivity contribution is 4.81. The maximum atomic E-state index is 5.95. The van der Waals surface area contributed by atoms with Gasteiger partial charge in [-0.2, -0.15) is 0 Å². The van der Waals surface area contributed by atoms with Crippen LogP contribution in [-0.4, -0.2) is 43.3 Å². The van der Waals surface area contributed by atoms with E-state index >= 15 is 0 Å². The van der Waals surface area contributed by atoms with Crippen LogP contribution in [0, 0.1) is 0 Å². The minimum Gasteiger partial charge on any atom is -0.380 e. The van der Waals surface area contributed by atoms with Gasteiger partial charge in [-0.05, 0) is 32.2 Å². The van der Waals surface area contributed by atoms with Crippen LogP contribution in [-0.2, 0) is 4.74 Å². The predicted octanol–water partition coefficient (Wildman–Crippen LogP) is 0.588. The van der Waals surface area contributed by atoms with E-state index in [1.165, 1.54) is 32.2 Å². The number of likely N-dealkylation sites (tertiary alicyclic amines) is 1. The smallest absolute Gasteiger partial charge is 0.0621 e. The summed E-state index contributed by atoms with van der Waals surface area (Å²) in [7, 11) is 0. The Hall–Kier alpha value is -0.120. The second-order valence-electron chi connectivity index (χ2n) is 4.27. The summed E-state index contributed by atoms with van der Waals surface area (Å²) in [6.45, 7) is 4.18.